The molecule has 0 aliphatic carbocycles. The molecule has 2 aromatic rings. The number of aromatic nitrogens is 4. The van der Waals surface area contributed by atoms with Gasteiger partial charge in [0.25, 0.3) is 11.5 Å². The zero-order chi connectivity index (χ0) is 18.1. The molecule has 0 N–H and O–H groups in total. The van der Waals surface area contributed by atoms with E-state index in [1.54, 1.807) is 11.8 Å². The van der Waals surface area contributed by atoms with Crippen LogP contribution in [0.25, 0.3) is 0 Å². The number of rotatable bonds is 3. The van der Waals surface area contributed by atoms with Crippen LogP contribution < -0.4 is 11.2 Å². The van der Waals surface area contributed by atoms with Crippen molar-refractivity contribution in [3.05, 3.63) is 44.3 Å². The zero-order valence-corrected chi connectivity index (χ0v) is 14.4. The molecule has 3 heterocycles. The number of carbonyl (C=O) groups is 1. The Labute approximate surface area is 143 Å². The number of hydrogen-bond donors (Lipinski definition) is 0. The predicted octanol–water partition coefficient (Wildman–Crippen LogP) is -1.27. The van der Waals surface area contributed by atoms with Crippen molar-refractivity contribution in [1.29, 1.82) is 0 Å². The van der Waals surface area contributed by atoms with Crippen LogP contribution >= 0.6 is 0 Å². The third-order valence-electron chi connectivity index (χ3n) is 4.34. The van der Waals surface area contributed by atoms with E-state index in [-0.39, 0.29) is 11.6 Å². The Bertz CT molecular complexity index is 903. The number of piperazine rings is 1. The van der Waals surface area contributed by atoms with Crippen LogP contribution in [0.2, 0.25) is 0 Å². The zero-order valence-electron chi connectivity index (χ0n) is 14.4. The Morgan fingerprint density at radius 3 is 2.44 bits per heavy atom. The molecule has 25 heavy (non-hydrogen) atoms. The monoisotopic (exact) mass is 348 g/mol. The van der Waals surface area contributed by atoms with E-state index in [4.69, 9.17) is 4.52 Å². The molecule has 1 fully saturated rings. The van der Waals surface area contributed by atoms with Crippen molar-refractivity contribution in [2.45, 2.75) is 13.5 Å². The molecule has 1 aliphatic rings. The first-order valence-electron chi connectivity index (χ1n) is 7.94. The lowest BCUT2D eigenvalue weighted by Gasteiger charge is -2.34. The van der Waals surface area contributed by atoms with Crippen molar-refractivity contribution in [3.8, 4) is 0 Å². The molecule has 0 saturated carbocycles. The molecular formula is C15H20N6O4. The van der Waals surface area contributed by atoms with Crippen LogP contribution in [0.3, 0.4) is 0 Å². The summed E-state index contributed by atoms with van der Waals surface area (Å²) in [5.74, 6) is 0.828. The molecule has 2 aromatic heterocycles. The van der Waals surface area contributed by atoms with Gasteiger partial charge < -0.3 is 9.42 Å². The first-order chi connectivity index (χ1) is 11.9. The summed E-state index contributed by atoms with van der Waals surface area (Å²) in [6, 6.07) is 1.21. The highest BCUT2D eigenvalue weighted by Crippen LogP contribution is 2.09. The van der Waals surface area contributed by atoms with E-state index in [1.807, 2.05) is 0 Å². The summed E-state index contributed by atoms with van der Waals surface area (Å²) in [6.07, 6.45) is 0. The second-order valence-corrected chi connectivity index (χ2v) is 6.07. The maximum Gasteiger partial charge on any atom is 0.331 e. The summed E-state index contributed by atoms with van der Waals surface area (Å²) < 4.78 is 7.13. The number of hydrogen-bond acceptors (Lipinski definition) is 7. The van der Waals surface area contributed by atoms with E-state index >= 15 is 0 Å². The van der Waals surface area contributed by atoms with Gasteiger partial charge in [-0.3, -0.25) is 23.6 Å². The topological polar surface area (TPSA) is 106 Å². The second kappa shape index (κ2) is 6.63. The van der Waals surface area contributed by atoms with Gasteiger partial charge in [0, 0.05) is 53.3 Å². The molecule has 0 spiro atoms. The Morgan fingerprint density at radius 2 is 1.84 bits per heavy atom. The van der Waals surface area contributed by atoms with E-state index in [0.29, 0.717) is 44.4 Å². The Kier molecular flexibility index (Phi) is 4.53. The van der Waals surface area contributed by atoms with Crippen LogP contribution in [0.5, 0.6) is 0 Å². The molecule has 0 unspecified atom stereocenters. The third kappa shape index (κ3) is 3.38. The fourth-order valence-electron chi connectivity index (χ4n) is 2.81. The highest BCUT2D eigenvalue weighted by Gasteiger charge is 2.25. The van der Waals surface area contributed by atoms with Gasteiger partial charge in [0.05, 0.1) is 6.54 Å². The third-order valence-corrected chi connectivity index (χ3v) is 4.34. The van der Waals surface area contributed by atoms with Gasteiger partial charge >= 0.3 is 5.69 Å². The second-order valence-electron chi connectivity index (χ2n) is 6.07. The smallest absolute Gasteiger partial charge is 0.331 e. The van der Waals surface area contributed by atoms with Crippen LogP contribution in [0, 0.1) is 6.92 Å². The van der Waals surface area contributed by atoms with Gasteiger partial charge in [-0.25, -0.2) is 4.79 Å². The van der Waals surface area contributed by atoms with Crippen LogP contribution in [0.1, 0.15) is 22.2 Å². The van der Waals surface area contributed by atoms with E-state index in [1.165, 1.54) is 24.7 Å². The van der Waals surface area contributed by atoms with Gasteiger partial charge in [0.15, 0.2) is 5.82 Å². The molecule has 134 valence electrons. The van der Waals surface area contributed by atoms with E-state index in [2.05, 4.69) is 15.0 Å². The van der Waals surface area contributed by atoms with E-state index in [0.717, 1.165) is 4.57 Å². The molecule has 10 nitrogen and oxygen atoms in total. The quantitative estimate of drug-likeness (QED) is 0.681. The maximum atomic E-state index is 12.7. The highest BCUT2D eigenvalue weighted by molar-refractivity contribution is 5.92. The van der Waals surface area contributed by atoms with Crippen molar-refractivity contribution >= 4 is 5.91 Å². The van der Waals surface area contributed by atoms with Gasteiger partial charge in [-0.15, -0.1) is 0 Å². The number of carbonyl (C=O) groups excluding carboxylic acids is 1. The molecule has 0 radical (unpaired) electrons. The van der Waals surface area contributed by atoms with Crippen LogP contribution in [0.4, 0.5) is 0 Å². The van der Waals surface area contributed by atoms with Crippen molar-refractivity contribution in [2.24, 2.45) is 14.1 Å². The molecule has 1 saturated heterocycles. The van der Waals surface area contributed by atoms with E-state index < -0.39 is 11.2 Å². The van der Waals surface area contributed by atoms with Crippen molar-refractivity contribution < 1.29 is 9.32 Å². The average Bonchev–Trinajstić information content (AvgIpc) is 3.01. The average molecular weight is 348 g/mol. The van der Waals surface area contributed by atoms with Crippen molar-refractivity contribution in [3.63, 3.8) is 0 Å². The lowest BCUT2D eigenvalue weighted by molar-refractivity contribution is 0.0613. The normalized spacial score (nSPS) is 15.6. The van der Waals surface area contributed by atoms with Gasteiger partial charge in [-0.1, -0.05) is 5.16 Å². The van der Waals surface area contributed by atoms with Crippen molar-refractivity contribution in [2.75, 3.05) is 26.2 Å². The summed E-state index contributed by atoms with van der Waals surface area (Å²) in [4.78, 5) is 44.4. The largest absolute Gasteiger partial charge is 0.340 e. The first kappa shape index (κ1) is 17.1. The van der Waals surface area contributed by atoms with Crippen LogP contribution in [0.15, 0.2) is 20.2 Å². The van der Waals surface area contributed by atoms with Gasteiger partial charge in [0.1, 0.15) is 5.69 Å². The maximum absolute atomic E-state index is 12.7. The minimum absolute atomic E-state index is 0.107. The molecule has 10 heteroatoms. The van der Waals surface area contributed by atoms with E-state index in [9.17, 15) is 14.4 Å². The summed E-state index contributed by atoms with van der Waals surface area (Å²) in [7, 11) is 2.88. The van der Waals surface area contributed by atoms with Gasteiger partial charge in [0.2, 0.25) is 5.89 Å². The SMILES string of the molecule is Cc1nc(CN2CCN(C(=O)c3cc(=O)n(C)c(=O)n3C)CC2)no1. The molecule has 0 aromatic carbocycles. The fourth-order valence-corrected chi connectivity index (χ4v) is 2.81. The molecule has 1 amide bonds. The number of amides is 1. The Morgan fingerprint density at radius 1 is 1.16 bits per heavy atom. The molecular weight excluding hydrogens is 328 g/mol. The van der Waals surface area contributed by atoms with Gasteiger partial charge in [-0.2, -0.15) is 4.98 Å². The van der Waals surface area contributed by atoms with Crippen LogP contribution in [-0.4, -0.2) is 61.2 Å². The molecule has 0 atom stereocenters. The summed E-state index contributed by atoms with van der Waals surface area (Å²) >= 11 is 0. The van der Waals surface area contributed by atoms with Gasteiger partial charge in [-0.05, 0) is 0 Å². The number of aryl methyl sites for hydroxylation is 1. The fraction of sp³-hybridized carbons (Fsp3) is 0.533. The summed E-state index contributed by atoms with van der Waals surface area (Å²) in [5.41, 5.74) is -0.894. The standard InChI is InChI=1S/C15H20N6O4/c1-10-16-12(17-25-10)9-20-4-6-21(7-5-20)14(23)11-8-13(22)19(3)15(24)18(11)2/h8H,4-7,9H2,1-3H3. The molecule has 3 rings (SSSR count). The highest BCUT2D eigenvalue weighted by atomic mass is 16.5. The minimum atomic E-state index is -0.512. The Hall–Kier alpha value is -2.75. The minimum Gasteiger partial charge on any atom is -0.340 e. The Balaban J connectivity index is 1.68. The predicted molar refractivity (Wildman–Crippen MR) is 87.1 cm³/mol. The lowest BCUT2D eigenvalue weighted by atomic mass is 10.2. The van der Waals surface area contributed by atoms with Crippen molar-refractivity contribution in [1.82, 2.24) is 29.1 Å². The molecule has 1 aliphatic heterocycles. The lowest BCUT2D eigenvalue weighted by Crippen LogP contribution is -2.50. The number of nitrogens with zero attached hydrogens (tertiary/aromatic N) is 6. The molecule has 0 bridgehead atoms. The van der Waals surface area contributed by atoms with Crippen LogP contribution in [-0.2, 0) is 20.6 Å². The summed E-state index contributed by atoms with van der Waals surface area (Å²) in [5, 5.41) is 3.87. The first-order valence-corrected chi connectivity index (χ1v) is 7.94. The summed E-state index contributed by atoms with van der Waals surface area (Å²) in [6.45, 7) is 4.60.